The van der Waals surface area contributed by atoms with Crippen LogP contribution in [-0.2, 0) is 23.2 Å². The Bertz CT molecular complexity index is 4120. The average Bonchev–Trinajstić information content (AvgIpc) is 2.70. The Kier molecular flexibility index (Phi) is 12.1. The molecule has 6 aliphatic heterocycles. The molecule has 0 radical (unpaired) electrons. The Hall–Kier alpha value is -9.97. The summed E-state index contributed by atoms with van der Waals surface area (Å²) in [7, 11) is 1.86. The number of aliphatic imine (C=N–C) groups is 1. The largest absolute Gasteiger partial charge is 0.457 e. The number of benzene rings is 4. The summed E-state index contributed by atoms with van der Waals surface area (Å²) >= 11 is 0. The Morgan fingerprint density at radius 1 is 0.768 bits per heavy atom. The van der Waals surface area contributed by atoms with Crippen LogP contribution in [0.15, 0.2) is 121 Å². The van der Waals surface area contributed by atoms with Crippen LogP contribution in [0, 0.1) is 19.3 Å². The number of carbonyl (C=O) groups is 2. The van der Waals surface area contributed by atoms with E-state index in [4.69, 9.17) is 19.5 Å². The minimum atomic E-state index is -0.780. The molecule has 5 saturated heterocycles. The second-order valence-electron chi connectivity index (χ2n) is 21.9. The molecule has 24 nitrogen and oxygen atoms in total. The maximum Gasteiger partial charge on any atom is 0.246 e. The van der Waals surface area contributed by atoms with Crippen LogP contribution in [0.4, 0.5) is 34.6 Å². The highest BCUT2D eigenvalue weighted by Crippen LogP contribution is 2.44. The number of carbonyl (C=O) groups excluding carboxylic acids is 2. The standard InChI is InChI=1S/C58H56N20O4/c1-6-50(79)74-19-17-58(29-74)30-76(31-58)56-59-25-44-52(67-56)54(62-32-60-44)65-36-9-15-49(34(2)20-36)82-41-12-14-47-43(24-41)70-72-77(47)18-7-8-51(80)75-27-38-22-39(28-75)78(38)57(4)64-26-45-53(68-57)55(63-33-61-45)66-37-10-16-48(35(3)21-37)81-40-11-13-46-42(23-40)69-71-73(46)5/h6-16,20-21,23-26,32-33,38-39,68H,1,17-19,22,27-31H2,2-5H3,(H,60,62,65)(H,61,63,66)/b8-7+. The highest BCUT2D eigenvalue weighted by molar-refractivity contribution is 5.93. The van der Waals surface area contributed by atoms with Gasteiger partial charge in [-0.05, 0) is 111 Å². The number of nitrogens with zero attached hydrogens (tertiary/aromatic N) is 17. The van der Waals surface area contributed by atoms with Crippen LogP contribution in [0.3, 0.4) is 0 Å². The van der Waals surface area contributed by atoms with Gasteiger partial charge >= 0.3 is 0 Å². The maximum atomic E-state index is 13.7. The van der Waals surface area contributed by atoms with E-state index in [0.29, 0.717) is 83.3 Å². The van der Waals surface area contributed by atoms with Crippen molar-refractivity contribution in [2.24, 2.45) is 17.5 Å². The second-order valence-corrected chi connectivity index (χ2v) is 21.9. The molecule has 1 spiro atoms. The molecule has 6 aliphatic rings. The third-order valence-electron chi connectivity index (χ3n) is 16.2. The van der Waals surface area contributed by atoms with Crippen LogP contribution in [0.2, 0.25) is 0 Å². The summed E-state index contributed by atoms with van der Waals surface area (Å²) in [5.74, 6) is 3.62. The molecule has 2 bridgehead atoms. The third-order valence-corrected chi connectivity index (χ3v) is 16.2. The fourth-order valence-electron chi connectivity index (χ4n) is 12.1. The number of likely N-dealkylation sites (tertiary alicyclic amines) is 1. The van der Waals surface area contributed by atoms with E-state index < -0.39 is 5.79 Å². The molecule has 15 rings (SSSR count). The predicted molar refractivity (Wildman–Crippen MR) is 308 cm³/mol. The number of hydrogen-bond acceptors (Lipinski definition) is 20. The molecular formula is C58H56N20O4. The smallest absolute Gasteiger partial charge is 0.246 e. The molecule has 9 aromatic rings. The van der Waals surface area contributed by atoms with Gasteiger partial charge in [-0.25, -0.2) is 44.3 Å². The highest BCUT2D eigenvalue weighted by atomic mass is 16.5. The number of aromatic nitrogens is 12. The first kappa shape index (κ1) is 50.3. The van der Waals surface area contributed by atoms with Gasteiger partial charge in [0, 0.05) is 93.4 Å². The van der Waals surface area contributed by atoms with Crippen molar-refractivity contribution >= 4 is 85.8 Å². The van der Waals surface area contributed by atoms with Gasteiger partial charge in [0.05, 0.1) is 30.0 Å². The van der Waals surface area contributed by atoms with Crippen LogP contribution < -0.4 is 30.3 Å². The lowest BCUT2D eigenvalue weighted by atomic mass is 9.79. The molecule has 5 fully saturated rings. The van der Waals surface area contributed by atoms with Crippen molar-refractivity contribution in [2.45, 2.75) is 58.0 Å². The zero-order valence-electron chi connectivity index (χ0n) is 45.4. The van der Waals surface area contributed by atoms with E-state index in [-0.39, 0.29) is 29.3 Å². The van der Waals surface area contributed by atoms with Crippen molar-refractivity contribution in [1.29, 1.82) is 0 Å². The minimum Gasteiger partial charge on any atom is -0.457 e. The number of piperidine rings is 1. The molecule has 3 N–H and O–H groups in total. The molecule has 2 amide bonds. The van der Waals surface area contributed by atoms with E-state index in [1.165, 1.54) is 18.7 Å². The number of nitrogens with one attached hydrogen (secondary N) is 3. The predicted octanol–water partition coefficient (Wildman–Crippen LogP) is 7.21. The Morgan fingerprint density at radius 3 is 2.18 bits per heavy atom. The van der Waals surface area contributed by atoms with Gasteiger partial charge in [0.15, 0.2) is 17.4 Å². The van der Waals surface area contributed by atoms with E-state index in [0.717, 1.165) is 83.0 Å². The van der Waals surface area contributed by atoms with Gasteiger partial charge in [0.25, 0.3) is 0 Å². The second kappa shape index (κ2) is 19.7. The van der Waals surface area contributed by atoms with E-state index in [1.807, 2.05) is 110 Å². The number of piperazine rings is 1. The quantitative estimate of drug-likeness (QED) is 0.0910. The summed E-state index contributed by atoms with van der Waals surface area (Å²) in [4.78, 5) is 66.7. The van der Waals surface area contributed by atoms with Gasteiger partial charge in [0.1, 0.15) is 69.1 Å². The molecule has 5 aromatic heterocycles. The minimum absolute atomic E-state index is 0.0237. The molecule has 11 heterocycles. The third kappa shape index (κ3) is 9.14. The van der Waals surface area contributed by atoms with E-state index in [1.54, 1.807) is 27.9 Å². The van der Waals surface area contributed by atoms with Gasteiger partial charge in [-0.3, -0.25) is 14.5 Å². The monoisotopic (exact) mass is 1100 g/mol. The van der Waals surface area contributed by atoms with Gasteiger partial charge in [-0.15, -0.1) is 10.2 Å². The molecule has 0 saturated carbocycles. The van der Waals surface area contributed by atoms with Gasteiger partial charge in [-0.1, -0.05) is 23.1 Å². The number of hydrogen-bond donors (Lipinski definition) is 3. The molecule has 412 valence electrons. The van der Waals surface area contributed by atoms with Crippen LogP contribution in [-0.4, -0.2) is 150 Å². The average molecular weight is 1100 g/mol. The maximum absolute atomic E-state index is 13.7. The zero-order chi connectivity index (χ0) is 55.9. The number of amides is 2. The number of allylic oxidation sites excluding steroid dienone is 1. The van der Waals surface area contributed by atoms with Crippen molar-refractivity contribution in [2.75, 3.05) is 60.1 Å². The Morgan fingerprint density at radius 2 is 1.45 bits per heavy atom. The van der Waals surface area contributed by atoms with Gasteiger partial charge in [0.2, 0.25) is 17.8 Å². The number of ether oxygens (including phenoxy) is 2. The first-order valence-electron chi connectivity index (χ1n) is 27.1. The Labute approximate surface area is 469 Å². The normalized spacial score (nSPS) is 19.8. The van der Waals surface area contributed by atoms with Crippen molar-refractivity contribution in [3.05, 3.63) is 133 Å². The SMILES string of the molecule is C=CC(=O)N1CCC2(C1)CN(c1ncc3ncnc(Nc4ccc(Oc5ccc6c(c5)nnn6C/C=C/C(=O)N5CC6CC(C5)N6C5(C)N=Cc6ncnc(Nc7ccc(Oc8ccc9c(c8)nnn9C)c(C)c7)c6N5)c(C)c4)c3n1)C2. The first-order valence-corrected chi connectivity index (χ1v) is 27.1. The van der Waals surface area contributed by atoms with Gasteiger partial charge in [-0.2, -0.15) is 0 Å². The number of rotatable bonds is 14. The molecule has 82 heavy (non-hydrogen) atoms. The lowest BCUT2D eigenvalue weighted by molar-refractivity contribution is -0.149. The topological polar surface area (TPSA) is 253 Å². The van der Waals surface area contributed by atoms with Crippen molar-refractivity contribution < 1.29 is 19.1 Å². The summed E-state index contributed by atoms with van der Waals surface area (Å²) in [5.41, 5.74) is 9.35. The summed E-state index contributed by atoms with van der Waals surface area (Å²) in [6.07, 6.45) is 13.3. The van der Waals surface area contributed by atoms with E-state index in [2.05, 4.69) is 84.8 Å². The van der Waals surface area contributed by atoms with Crippen molar-refractivity contribution in [3.8, 4) is 23.0 Å². The van der Waals surface area contributed by atoms with Crippen LogP contribution in [0.5, 0.6) is 23.0 Å². The summed E-state index contributed by atoms with van der Waals surface area (Å²) in [6, 6.07) is 23.3. The fourth-order valence-corrected chi connectivity index (χ4v) is 12.1. The molecule has 4 aromatic carbocycles. The van der Waals surface area contributed by atoms with Crippen LogP contribution in [0.1, 0.15) is 36.6 Å². The summed E-state index contributed by atoms with van der Waals surface area (Å²) in [5, 5.41) is 27.7. The lowest BCUT2D eigenvalue weighted by Gasteiger charge is -2.61. The molecule has 0 aliphatic carbocycles. The Balaban J connectivity index is 0.572. The molecule has 3 unspecified atom stereocenters. The van der Waals surface area contributed by atoms with Crippen molar-refractivity contribution in [3.63, 3.8) is 0 Å². The zero-order valence-corrected chi connectivity index (χ0v) is 45.4. The molecule has 24 heteroatoms. The number of anilines is 6. The first-order chi connectivity index (χ1) is 39.8. The molecular weight excluding hydrogens is 1040 g/mol. The van der Waals surface area contributed by atoms with Crippen LogP contribution >= 0.6 is 0 Å². The number of fused-ring (bicyclic) bond motifs is 6. The van der Waals surface area contributed by atoms with Crippen molar-refractivity contribution in [1.82, 2.24) is 74.6 Å². The highest BCUT2D eigenvalue weighted by Gasteiger charge is 2.54. The molecule has 3 atom stereocenters. The van der Waals surface area contributed by atoms with E-state index in [9.17, 15) is 9.59 Å². The van der Waals surface area contributed by atoms with Crippen LogP contribution in [0.25, 0.3) is 33.1 Å². The van der Waals surface area contributed by atoms with E-state index >= 15 is 0 Å². The lowest BCUT2D eigenvalue weighted by Crippen LogP contribution is -2.76. The fraction of sp³-hybridized carbons (Fsp3) is 0.293. The summed E-state index contributed by atoms with van der Waals surface area (Å²) in [6.45, 7) is 14.2. The van der Waals surface area contributed by atoms with Gasteiger partial charge < -0.3 is 40.1 Å². The number of aryl methyl sites for hydroxylation is 3. The summed E-state index contributed by atoms with van der Waals surface area (Å²) < 4.78 is 16.1.